The molecule has 0 aliphatic heterocycles. The molecule has 24 heavy (non-hydrogen) atoms. The van der Waals surface area contributed by atoms with Crippen LogP contribution in [0.25, 0.3) is 11.0 Å². The average Bonchev–Trinajstić information content (AvgIpc) is 3.27. The number of amides is 1. The number of nitrogens with one attached hydrogen (secondary N) is 2. The van der Waals surface area contributed by atoms with Crippen molar-refractivity contribution in [2.75, 3.05) is 0 Å². The minimum absolute atomic E-state index is 0.121. The highest BCUT2D eigenvalue weighted by Crippen LogP contribution is 2.40. The van der Waals surface area contributed by atoms with Gasteiger partial charge < -0.3 is 10.3 Å². The van der Waals surface area contributed by atoms with Crippen molar-refractivity contribution >= 4 is 28.3 Å². The van der Waals surface area contributed by atoms with E-state index in [2.05, 4.69) is 15.4 Å². The van der Waals surface area contributed by atoms with Gasteiger partial charge in [0.1, 0.15) is 0 Å². The zero-order valence-corrected chi connectivity index (χ0v) is 14.2. The number of hydrogen-bond acceptors (Lipinski definition) is 5. The summed E-state index contributed by atoms with van der Waals surface area (Å²) in [4.78, 5) is 31.2. The molecule has 2 N–H and O–H groups in total. The Bertz CT molecular complexity index is 996. The third kappa shape index (κ3) is 2.62. The van der Waals surface area contributed by atoms with E-state index in [4.69, 9.17) is 4.98 Å². The van der Waals surface area contributed by atoms with Crippen LogP contribution in [0, 0.1) is 6.92 Å². The van der Waals surface area contributed by atoms with E-state index in [0.717, 1.165) is 46.6 Å². The topological polar surface area (TPSA) is 92.7 Å². The minimum atomic E-state index is -0.174. The van der Waals surface area contributed by atoms with Crippen molar-refractivity contribution in [1.82, 2.24) is 25.1 Å². The molecule has 7 nitrogen and oxygen atoms in total. The van der Waals surface area contributed by atoms with E-state index < -0.39 is 0 Å². The van der Waals surface area contributed by atoms with Gasteiger partial charge in [0, 0.05) is 29.7 Å². The normalized spacial score (nSPS) is 14.2. The number of nitrogens with zero attached hydrogens (tertiary/aromatic N) is 3. The van der Waals surface area contributed by atoms with E-state index >= 15 is 0 Å². The van der Waals surface area contributed by atoms with Gasteiger partial charge in [-0.1, -0.05) is 11.3 Å². The lowest BCUT2D eigenvalue weighted by atomic mass is 10.1. The largest absolute Gasteiger partial charge is 0.346 e. The third-order valence-corrected chi connectivity index (χ3v) is 4.96. The Hall–Kier alpha value is -2.48. The molecule has 0 unspecified atom stereocenters. The van der Waals surface area contributed by atoms with Crippen LogP contribution in [0.15, 0.2) is 16.2 Å². The van der Waals surface area contributed by atoms with Gasteiger partial charge in [-0.05, 0) is 25.8 Å². The van der Waals surface area contributed by atoms with E-state index in [1.165, 1.54) is 0 Å². The Morgan fingerprint density at radius 1 is 1.50 bits per heavy atom. The van der Waals surface area contributed by atoms with E-state index in [-0.39, 0.29) is 10.8 Å². The summed E-state index contributed by atoms with van der Waals surface area (Å²) in [7, 11) is 1.84. The highest BCUT2D eigenvalue weighted by Gasteiger charge is 2.28. The molecule has 3 aromatic heterocycles. The number of carbonyl (C=O) groups is 1. The van der Waals surface area contributed by atoms with E-state index in [0.29, 0.717) is 23.7 Å². The molecular formula is C16H17N5O2S. The average molecular weight is 343 g/mol. The Morgan fingerprint density at radius 3 is 2.96 bits per heavy atom. The first-order valence-corrected chi connectivity index (χ1v) is 8.70. The number of hydrogen-bond donors (Lipinski definition) is 2. The van der Waals surface area contributed by atoms with E-state index in [9.17, 15) is 9.59 Å². The summed E-state index contributed by atoms with van der Waals surface area (Å²) < 4.78 is 1.73. The van der Waals surface area contributed by atoms with Crippen molar-refractivity contribution in [2.45, 2.75) is 32.2 Å². The van der Waals surface area contributed by atoms with Crippen LogP contribution in [0.1, 0.15) is 46.2 Å². The van der Waals surface area contributed by atoms with Crippen molar-refractivity contribution < 1.29 is 4.79 Å². The molecule has 0 aromatic carbocycles. The standard InChI is InChI=1S/C16H17N5O2S/c1-8-13-11(15(22)17-6-10-7-24-16(23)18-10)5-12(9-3-4-9)19-14(13)21(2)20-8/h5,7,9H,3-4,6H2,1-2H3,(H,17,22)(H,18,23). The Kier molecular flexibility index (Phi) is 3.49. The number of carbonyl (C=O) groups excluding carboxylic acids is 1. The summed E-state index contributed by atoms with van der Waals surface area (Å²) in [6.07, 6.45) is 2.24. The van der Waals surface area contributed by atoms with Gasteiger partial charge in [0.2, 0.25) is 0 Å². The van der Waals surface area contributed by atoms with Crippen LogP contribution in [-0.2, 0) is 13.6 Å². The minimum Gasteiger partial charge on any atom is -0.346 e. The number of rotatable bonds is 4. The second kappa shape index (κ2) is 5.55. The molecule has 0 bridgehead atoms. The molecule has 1 amide bonds. The Morgan fingerprint density at radius 2 is 2.29 bits per heavy atom. The maximum atomic E-state index is 12.7. The number of aryl methyl sites for hydroxylation is 2. The summed E-state index contributed by atoms with van der Waals surface area (Å²) in [5, 5.41) is 9.79. The molecule has 1 saturated carbocycles. The molecule has 0 atom stereocenters. The van der Waals surface area contributed by atoms with Gasteiger partial charge in [-0.3, -0.25) is 14.3 Å². The fourth-order valence-electron chi connectivity index (χ4n) is 2.90. The van der Waals surface area contributed by atoms with Gasteiger partial charge in [0.25, 0.3) is 5.91 Å². The second-order valence-electron chi connectivity index (χ2n) is 6.13. The van der Waals surface area contributed by atoms with Gasteiger partial charge >= 0.3 is 4.87 Å². The van der Waals surface area contributed by atoms with Crippen LogP contribution in [0.4, 0.5) is 0 Å². The monoisotopic (exact) mass is 343 g/mol. The lowest BCUT2D eigenvalue weighted by Gasteiger charge is -2.08. The number of thiazole rings is 1. The third-order valence-electron chi connectivity index (χ3n) is 4.24. The van der Waals surface area contributed by atoms with E-state index in [1.807, 2.05) is 20.0 Å². The first kappa shape index (κ1) is 15.1. The van der Waals surface area contributed by atoms with Crippen LogP contribution in [0.3, 0.4) is 0 Å². The van der Waals surface area contributed by atoms with Crippen molar-refractivity contribution in [3.63, 3.8) is 0 Å². The van der Waals surface area contributed by atoms with Gasteiger partial charge in [-0.25, -0.2) is 4.98 Å². The summed E-state index contributed by atoms with van der Waals surface area (Å²) in [6, 6.07) is 1.89. The zero-order valence-electron chi connectivity index (χ0n) is 13.4. The van der Waals surface area contributed by atoms with Crippen molar-refractivity contribution in [2.24, 2.45) is 7.05 Å². The second-order valence-corrected chi connectivity index (χ2v) is 6.97. The summed E-state index contributed by atoms with van der Waals surface area (Å²) in [6.45, 7) is 2.17. The Balaban J connectivity index is 1.71. The quantitative estimate of drug-likeness (QED) is 0.756. The molecule has 8 heteroatoms. The van der Waals surface area contributed by atoms with Crippen LogP contribution >= 0.6 is 11.3 Å². The molecule has 0 spiro atoms. The molecule has 124 valence electrons. The van der Waals surface area contributed by atoms with E-state index in [1.54, 1.807) is 10.1 Å². The first-order valence-electron chi connectivity index (χ1n) is 7.82. The lowest BCUT2D eigenvalue weighted by molar-refractivity contribution is 0.0952. The maximum Gasteiger partial charge on any atom is 0.304 e. The van der Waals surface area contributed by atoms with Crippen LogP contribution in [0.5, 0.6) is 0 Å². The molecule has 0 radical (unpaired) electrons. The highest BCUT2D eigenvalue weighted by atomic mass is 32.1. The fraction of sp³-hybridized carbons (Fsp3) is 0.375. The number of aromatic amines is 1. The van der Waals surface area contributed by atoms with Gasteiger partial charge in [0.05, 0.1) is 23.2 Å². The van der Waals surface area contributed by atoms with Crippen molar-refractivity contribution in [3.8, 4) is 0 Å². The highest BCUT2D eigenvalue weighted by molar-refractivity contribution is 7.07. The van der Waals surface area contributed by atoms with Gasteiger partial charge in [0.15, 0.2) is 5.65 Å². The molecule has 3 aromatic rings. The van der Waals surface area contributed by atoms with Crippen molar-refractivity contribution in [3.05, 3.63) is 43.8 Å². The summed E-state index contributed by atoms with van der Waals surface area (Å²) in [5.74, 6) is 0.275. The van der Waals surface area contributed by atoms with Gasteiger partial charge in [-0.15, -0.1) is 0 Å². The Labute approximate surface area is 141 Å². The predicted molar refractivity (Wildman–Crippen MR) is 91.3 cm³/mol. The van der Waals surface area contributed by atoms with Crippen molar-refractivity contribution in [1.29, 1.82) is 0 Å². The number of pyridine rings is 1. The SMILES string of the molecule is Cc1nn(C)c2nc(C3CC3)cc(C(=O)NCc3csc(=O)[nH]3)c12. The smallest absolute Gasteiger partial charge is 0.304 e. The molecule has 1 fully saturated rings. The summed E-state index contributed by atoms with van der Waals surface area (Å²) >= 11 is 1.09. The fourth-order valence-corrected chi connectivity index (χ4v) is 3.48. The lowest BCUT2D eigenvalue weighted by Crippen LogP contribution is -2.24. The molecule has 1 aliphatic rings. The number of H-pyrrole nitrogens is 1. The first-order chi connectivity index (χ1) is 11.5. The molecule has 0 saturated heterocycles. The molecule has 1 aliphatic carbocycles. The molecular weight excluding hydrogens is 326 g/mol. The molecule has 4 rings (SSSR count). The number of aromatic nitrogens is 4. The van der Waals surface area contributed by atoms with Crippen LogP contribution < -0.4 is 10.2 Å². The van der Waals surface area contributed by atoms with Crippen LogP contribution in [-0.4, -0.2) is 25.7 Å². The van der Waals surface area contributed by atoms with Crippen LogP contribution in [0.2, 0.25) is 0 Å². The van der Waals surface area contributed by atoms with Gasteiger partial charge in [-0.2, -0.15) is 5.10 Å². The summed E-state index contributed by atoms with van der Waals surface area (Å²) in [5.41, 5.74) is 3.79. The zero-order chi connectivity index (χ0) is 16.8. The predicted octanol–water partition coefficient (Wildman–Crippen LogP) is 1.83. The number of fused-ring (bicyclic) bond motifs is 1. The maximum absolute atomic E-state index is 12.7. The molecule has 3 heterocycles.